The molecule has 6 rings (SSSR count). The summed E-state index contributed by atoms with van der Waals surface area (Å²) in [5, 5.41) is 11.6. The summed E-state index contributed by atoms with van der Waals surface area (Å²) < 4.78 is 0.291. The number of anilines is 2. The molecule has 7 heteroatoms. The zero-order chi connectivity index (χ0) is 24.1. The summed E-state index contributed by atoms with van der Waals surface area (Å²) in [4.78, 5) is 28.0. The first-order chi connectivity index (χ1) is 17.0. The zero-order valence-corrected chi connectivity index (χ0v) is 20.6. The summed E-state index contributed by atoms with van der Waals surface area (Å²) in [5.41, 5.74) is 4.77. The Bertz CT molecular complexity index is 1410. The van der Waals surface area contributed by atoms with Gasteiger partial charge in [0.1, 0.15) is 10.9 Å². The number of rotatable bonds is 4. The van der Waals surface area contributed by atoms with Gasteiger partial charge in [0.15, 0.2) is 0 Å². The number of nitrogens with zero attached hydrogens (tertiary/aromatic N) is 2. The molecule has 2 unspecified atom stereocenters. The van der Waals surface area contributed by atoms with Gasteiger partial charge in [-0.05, 0) is 53.6 Å². The third-order valence-electron chi connectivity index (χ3n) is 7.26. The maximum absolute atomic E-state index is 12.8. The third-order valence-corrected chi connectivity index (χ3v) is 8.64. The quantitative estimate of drug-likeness (QED) is 0.335. The summed E-state index contributed by atoms with van der Waals surface area (Å²) in [6, 6.07) is 22.0. The molecule has 3 aromatic carbocycles. The van der Waals surface area contributed by atoms with E-state index in [1.807, 2.05) is 6.08 Å². The number of hydrogen-bond acceptors (Lipinski definition) is 5. The first-order valence-electron chi connectivity index (χ1n) is 11.9. The molecule has 1 saturated carbocycles. The van der Waals surface area contributed by atoms with Crippen molar-refractivity contribution in [2.24, 2.45) is 0 Å². The van der Waals surface area contributed by atoms with Gasteiger partial charge in [-0.15, -0.1) is 0 Å². The smallest absolute Gasteiger partial charge is 0.323 e. The Morgan fingerprint density at radius 2 is 1.86 bits per heavy atom. The predicted molar refractivity (Wildman–Crippen MR) is 145 cm³/mol. The molecule has 3 aromatic rings. The van der Waals surface area contributed by atoms with Crippen LogP contribution < -0.4 is 4.90 Å². The molecule has 1 aliphatic carbocycles. The van der Waals surface area contributed by atoms with Crippen molar-refractivity contribution in [1.82, 2.24) is 4.90 Å². The largest absolute Gasteiger partial charge is 0.480 e. The molecule has 1 N–H and O–H groups in total. The summed E-state index contributed by atoms with van der Waals surface area (Å²) in [6.45, 7) is -0.407. The molecule has 5 nitrogen and oxygen atoms in total. The van der Waals surface area contributed by atoms with Crippen molar-refractivity contribution in [1.29, 1.82) is 0 Å². The second-order valence-corrected chi connectivity index (χ2v) is 11.0. The minimum absolute atomic E-state index is 0.291. The monoisotopic (exact) mass is 500 g/mol. The van der Waals surface area contributed by atoms with Gasteiger partial charge in [-0.3, -0.25) is 14.5 Å². The Kier molecular flexibility index (Phi) is 5.61. The number of thioether (sulfide) groups is 1. The number of carboxylic acid groups (broad SMARTS) is 1. The van der Waals surface area contributed by atoms with E-state index < -0.39 is 12.5 Å². The van der Waals surface area contributed by atoms with Crippen molar-refractivity contribution in [3.05, 3.63) is 76.7 Å². The Labute approximate surface area is 213 Å². The number of carboxylic acids is 1. The van der Waals surface area contributed by atoms with E-state index in [0.717, 1.165) is 23.3 Å². The van der Waals surface area contributed by atoms with E-state index in [4.69, 9.17) is 17.3 Å². The summed E-state index contributed by atoms with van der Waals surface area (Å²) >= 11 is 6.42. The zero-order valence-electron chi connectivity index (χ0n) is 19.0. The highest BCUT2D eigenvalue weighted by Crippen LogP contribution is 2.52. The number of benzene rings is 3. The Morgan fingerprint density at radius 1 is 1.06 bits per heavy atom. The van der Waals surface area contributed by atoms with E-state index in [1.54, 1.807) is 0 Å². The van der Waals surface area contributed by atoms with Crippen LogP contribution in [0.2, 0.25) is 0 Å². The normalized spacial score (nSPS) is 22.7. The maximum Gasteiger partial charge on any atom is 0.323 e. The van der Waals surface area contributed by atoms with Crippen molar-refractivity contribution in [3.63, 3.8) is 0 Å². The third kappa shape index (κ3) is 3.83. The molecule has 0 bridgehead atoms. The minimum atomic E-state index is -1.07. The van der Waals surface area contributed by atoms with Crippen molar-refractivity contribution in [3.8, 4) is 0 Å². The van der Waals surface area contributed by atoms with Crippen LogP contribution in [0.4, 0.5) is 11.4 Å². The van der Waals surface area contributed by atoms with E-state index in [2.05, 4.69) is 65.6 Å². The molecule has 0 aromatic heterocycles. The molecule has 3 aliphatic rings. The number of hydrogen-bond donors (Lipinski definition) is 1. The molecular formula is C28H24N2O3S2. The van der Waals surface area contributed by atoms with Crippen LogP contribution in [0.5, 0.6) is 0 Å². The second-order valence-electron chi connectivity index (χ2n) is 9.31. The molecule has 2 heterocycles. The predicted octanol–water partition coefficient (Wildman–Crippen LogP) is 6.30. The van der Waals surface area contributed by atoms with Crippen LogP contribution in [0.1, 0.15) is 42.7 Å². The lowest BCUT2D eigenvalue weighted by molar-refractivity contribution is -0.140. The molecule has 2 aliphatic heterocycles. The molecule has 35 heavy (non-hydrogen) atoms. The van der Waals surface area contributed by atoms with Gasteiger partial charge < -0.3 is 10.0 Å². The number of carbonyl (C=O) groups is 2. The van der Waals surface area contributed by atoms with Crippen molar-refractivity contribution in [2.75, 3.05) is 11.4 Å². The number of fused-ring (bicyclic) bond motifs is 4. The van der Waals surface area contributed by atoms with Crippen LogP contribution >= 0.6 is 24.0 Å². The lowest BCUT2D eigenvalue weighted by Gasteiger charge is -2.34. The summed E-state index contributed by atoms with van der Waals surface area (Å²) in [7, 11) is 0. The van der Waals surface area contributed by atoms with E-state index in [9.17, 15) is 9.59 Å². The molecule has 0 radical (unpaired) electrons. The van der Waals surface area contributed by atoms with Gasteiger partial charge in [0.25, 0.3) is 5.91 Å². The van der Waals surface area contributed by atoms with Crippen LogP contribution in [-0.4, -0.2) is 38.8 Å². The lowest BCUT2D eigenvalue weighted by atomic mass is 9.82. The highest BCUT2D eigenvalue weighted by Gasteiger charge is 2.41. The fraction of sp³-hybridized carbons (Fsp3) is 0.250. The number of aliphatic carboxylic acids is 1. The Hall–Kier alpha value is -3.16. The van der Waals surface area contributed by atoms with Crippen LogP contribution in [0, 0.1) is 0 Å². The molecule has 2 atom stereocenters. The van der Waals surface area contributed by atoms with E-state index in [0.29, 0.717) is 21.2 Å². The molecular weight excluding hydrogens is 476 g/mol. The number of thiocarbonyl (C=S) groups is 1. The maximum atomic E-state index is 12.8. The van der Waals surface area contributed by atoms with Gasteiger partial charge in [-0.2, -0.15) is 0 Å². The summed E-state index contributed by atoms with van der Waals surface area (Å²) in [6.07, 6.45) is 6.62. The van der Waals surface area contributed by atoms with Crippen LogP contribution in [0.3, 0.4) is 0 Å². The second kappa shape index (κ2) is 8.81. The van der Waals surface area contributed by atoms with Crippen LogP contribution in [-0.2, 0) is 9.59 Å². The van der Waals surface area contributed by atoms with E-state index in [-0.39, 0.29) is 5.91 Å². The van der Waals surface area contributed by atoms with E-state index >= 15 is 0 Å². The number of carbonyl (C=O) groups excluding carboxylic acids is 1. The Morgan fingerprint density at radius 3 is 2.71 bits per heavy atom. The minimum Gasteiger partial charge on any atom is -0.480 e. The van der Waals surface area contributed by atoms with E-state index in [1.165, 1.54) is 52.3 Å². The van der Waals surface area contributed by atoms with Crippen LogP contribution in [0.25, 0.3) is 16.8 Å². The fourth-order valence-electron chi connectivity index (χ4n) is 5.79. The SMILES string of the molecule is O=C(O)CN1C(=O)/C(=C/c2ccc3c(c2)C2CCCCC2N3c2cccc3ccccc23)SC1=S. The number of amides is 1. The standard InChI is InChI=1S/C28H24N2O3S2/c31-26(32)16-29-27(33)25(35-28(29)34)15-17-12-13-24-21(14-17)20-9-3-4-10-23(20)30(24)22-11-5-7-18-6-1-2-8-19(18)22/h1-2,5-8,11-15,20,23H,3-4,9-10,16H2,(H,31,32)/b25-15-. The van der Waals surface area contributed by atoms with Gasteiger partial charge >= 0.3 is 5.97 Å². The molecule has 0 spiro atoms. The Balaban J connectivity index is 1.40. The average Bonchev–Trinajstić information content (AvgIpc) is 3.32. The van der Waals surface area contributed by atoms with Crippen LogP contribution in [0.15, 0.2) is 65.6 Å². The van der Waals surface area contributed by atoms with Gasteiger partial charge in [0.2, 0.25) is 0 Å². The topological polar surface area (TPSA) is 60.9 Å². The molecule has 1 saturated heterocycles. The first kappa shape index (κ1) is 22.3. The highest BCUT2D eigenvalue weighted by molar-refractivity contribution is 8.26. The van der Waals surface area contributed by atoms with Gasteiger partial charge in [-0.25, -0.2) is 0 Å². The molecule has 2 fully saturated rings. The van der Waals surface area contributed by atoms with Crippen molar-refractivity contribution >= 4 is 68.4 Å². The van der Waals surface area contributed by atoms with Crippen molar-refractivity contribution in [2.45, 2.75) is 37.6 Å². The highest BCUT2D eigenvalue weighted by atomic mass is 32.2. The van der Waals surface area contributed by atoms with Gasteiger partial charge in [0, 0.05) is 28.7 Å². The van der Waals surface area contributed by atoms with Crippen molar-refractivity contribution < 1.29 is 14.7 Å². The fourth-order valence-corrected chi connectivity index (χ4v) is 7.05. The average molecular weight is 501 g/mol. The summed E-state index contributed by atoms with van der Waals surface area (Å²) in [5.74, 6) is -0.958. The van der Waals surface area contributed by atoms with Gasteiger partial charge in [0.05, 0.1) is 4.91 Å². The molecule has 176 valence electrons. The molecule has 1 amide bonds. The van der Waals surface area contributed by atoms with Gasteiger partial charge in [-0.1, -0.05) is 79.3 Å². The lowest BCUT2D eigenvalue weighted by Crippen LogP contribution is -2.33. The first-order valence-corrected chi connectivity index (χ1v) is 13.1.